The van der Waals surface area contributed by atoms with E-state index in [1.807, 2.05) is 43.3 Å². The number of nitrogens with zero attached hydrogens (tertiary/aromatic N) is 5. The molecule has 9 nitrogen and oxygen atoms in total. The van der Waals surface area contributed by atoms with Crippen LogP contribution in [0, 0.1) is 6.92 Å². The summed E-state index contributed by atoms with van der Waals surface area (Å²) in [6, 6.07) is 10.6. The highest BCUT2D eigenvalue weighted by atomic mass is 16.3. The van der Waals surface area contributed by atoms with E-state index in [4.69, 9.17) is 0 Å². The summed E-state index contributed by atoms with van der Waals surface area (Å²) in [6.07, 6.45) is 4.92. The molecule has 0 saturated carbocycles. The van der Waals surface area contributed by atoms with E-state index in [2.05, 4.69) is 20.5 Å². The lowest BCUT2D eigenvalue weighted by Gasteiger charge is -2.12. The summed E-state index contributed by atoms with van der Waals surface area (Å²) < 4.78 is 3.33. The number of fused-ring (bicyclic) bond motifs is 1. The number of rotatable bonds is 6. The summed E-state index contributed by atoms with van der Waals surface area (Å²) in [5, 5.41) is 29.6. The van der Waals surface area contributed by atoms with Crippen molar-refractivity contribution in [3.63, 3.8) is 0 Å². The van der Waals surface area contributed by atoms with E-state index in [9.17, 15) is 15.0 Å². The zero-order valence-electron chi connectivity index (χ0n) is 15.7. The van der Waals surface area contributed by atoms with Crippen LogP contribution in [0.3, 0.4) is 0 Å². The number of hydrogen-bond donors (Lipinski definition) is 3. The minimum atomic E-state index is -0.727. The lowest BCUT2D eigenvalue weighted by atomic mass is 10.1. The molecule has 29 heavy (non-hydrogen) atoms. The van der Waals surface area contributed by atoms with Gasteiger partial charge in [0.25, 0.3) is 5.91 Å². The van der Waals surface area contributed by atoms with Crippen LogP contribution in [0.15, 0.2) is 55.0 Å². The summed E-state index contributed by atoms with van der Waals surface area (Å²) in [5.41, 5.74) is 3.49. The molecular formula is C20H20N6O3. The van der Waals surface area contributed by atoms with Crippen molar-refractivity contribution in [2.24, 2.45) is 0 Å². The third kappa shape index (κ3) is 3.60. The van der Waals surface area contributed by atoms with E-state index in [-0.39, 0.29) is 13.2 Å². The number of carbonyl (C=O) groups excluding carboxylic acids is 1. The molecule has 0 aliphatic carbocycles. The molecule has 0 aliphatic heterocycles. The highest BCUT2D eigenvalue weighted by Gasteiger charge is 2.18. The SMILES string of the molecule is Cc1cccc(-n2nccc2-c2ccn3ncc(C(=O)NC(CO)CO)c3c2)n1. The van der Waals surface area contributed by atoms with Crippen molar-refractivity contribution in [1.82, 2.24) is 29.7 Å². The zero-order chi connectivity index (χ0) is 20.4. The molecule has 4 rings (SSSR count). The van der Waals surface area contributed by atoms with Crippen LogP contribution in [0.25, 0.3) is 22.6 Å². The van der Waals surface area contributed by atoms with Crippen molar-refractivity contribution in [3.8, 4) is 17.1 Å². The summed E-state index contributed by atoms with van der Waals surface area (Å²) in [7, 11) is 0. The van der Waals surface area contributed by atoms with Crippen molar-refractivity contribution < 1.29 is 15.0 Å². The first-order valence-corrected chi connectivity index (χ1v) is 9.09. The molecule has 0 fully saturated rings. The van der Waals surface area contributed by atoms with Gasteiger partial charge in [-0.05, 0) is 37.3 Å². The van der Waals surface area contributed by atoms with Crippen LogP contribution >= 0.6 is 0 Å². The fourth-order valence-corrected chi connectivity index (χ4v) is 3.08. The third-order valence-electron chi connectivity index (χ3n) is 4.57. The van der Waals surface area contributed by atoms with Crippen molar-refractivity contribution in [3.05, 3.63) is 66.2 Å². The minimum Gasteiger partial charge on any atom is -0.394 e. The van der Waals surface area contributed by atoms with E-state index < -0.39 is 11.9 Å². The number of aryl methyl sites for hydroxylation is 1. The van der Waals surface area contributed by atoms with Gasteiger partial charge in [0.1, 0.15) is 0 Å². The number of aromatic nitrogens is 5. The van der Waals surface area contributed by atoms with Gasteiger partial charge in [-0.2, -0.15) is 10.2 Å². The number of nitrogens with one attached hydrogen (secondary N) is 1. The molecule has 4 aromatic heterocycles. The van der Waals surface area contributed by atoms with Crippen molar-refractivity contribution in [1.29, 1.82) is 0 Å². The molecule has 9 heteroatoms. The molecule has 148 valence electrons. The van der Waals surface area contributed by atoms with E-state index in [0.717, 1.165) is 17.0 Å². The molecule has 0 spiro atoms. The van der Waals surface area contributed by atoms with E-state index in [1.54, 1.807) is 21.6 Å². The maximum absolute atomic E-state index is 12.6. The Morgan fingerprint density at radius 1 is 1.17 bits per heavy atom. The van der Waals surface area contributed by atoms with E-state index in [0.29, 0.717) is 16.9 Å². The van der Waals surface area contributed by atoms with Crippen molar-refractivity contribution >= 4 is 11.4 Å². The summed E-state index contributed by atoms with van der Waals surface area (Å²) in [4.78, 5) is 17.1. The quantitative estimate of drug-likeness (QED) is 0.450. The number of carbonyl (C=O) groups is 1. The maximum Gasteiger partial charge on any atom is 0.255 e. The lowest BCUT2D eigenvalue weighted by molar-refractivity contribution is 0.0881. The Bertz CT molecular complexity index is 1160. The second kappa shape index (κ2) is 7.82. The van der Waals surface area contributed by atoms with Crippen LogP contribution in [0.4, 0.5) is 0 Å². The van der Waals surface area contributed by atoms with Gasteiger partial charge in [-0.1, -0.05) is 6.07 Å². The molecular weight excluding hydrogens is 372 g/mol. The van der Waals surface area contributed by atoms with E-state index in [1.165, 1.54) is 6.20 Å². The first-order valence-electron chi connectivity index (χ1n) is 9.09. The Morgan fingerprint density at radius 2 is 2.00 bits per heavy atom. The van der Waals surface area contributed by atoms with Gasteiger partial charge in [-0.25, -0.2) is 14.2 Å². The fraction of sp³-hybridized carbons (Fsp3) is 0.200. The lowest BCUT2D eigenvalue weighted by Crippen LogP contribution is -2.40. The monoisotopic (exact) mass is 392 g/mol. The van der Waals surface area contributed by atoms with Crippen molar-refractivity contribution in [2.45, 2.75) is 13.0 Å². The molecule has 0 radical (unpaired) electrons. The van der Waals surface area contributed by atoms with Crippen LogP contribution in [0.5, 0.6) is 0 Å². The van der Waals surface area contributed by atoms with Crippen LogP contribution < -0.4 is 5.32 Å². The Kier molecular flexibility index (Phi) is 5.07. The smallest absolute Gasteiger partial charge is 0.255 e. The van der Waals surface area contributed by atoms with Crippen LogP contribution in [-0.4, -0.2) is 59.8 Å². The van der Waals surface area contributed by atoms with Crippen molar-refractivity contribution in [2.75, 3.05) is 13.2 Å². The molecule has 3 N–H and O–H groups in total. The normalized spacial score (nSPS) is 11.3. The molecule has 4 heterocycles. The summed E-state index contributed by atoms with van der Waals surface area (Å²) in [5.74, 6) is 0.282. The van der Waals surface area contributed by atoms with Crippen LogP contribution in [0.2, 0.25) is 0 Å². The Morgan fingerprint density at radius 3 is 2.76 bits per heavy atom. The number of aliphatic hydroxyl groups excluding tert-OH is 2. The van der Waals surface area contributed by atoms with E-state index >= 15 is 0 Å². The second-order valence-electron chi connectivity index (χ2n) is 6.60. The first kappa shape index (κ1) is 18.8. The summed E-state index contributed by atoms with van der Waals surface area (Å²) in [6.45, 7) is 1.21. The Balaban J connectivity index is 1.74. The maximum atomic E-state index is 12.6. The fourth-order valence-electron chi connectivity index (χ4n) is 3.08. The predicted molar refractivity (Wildman–Crippen MR) is 106 cm³/mol. The number of amides is 1. The average Bonchev–Trinajstić information content (AvgIpc) is 3.38. The van der Waals surface area contributed by atoms with Gasteiger partial charge in [0, 0.05) is 17.5 Å². The van der Waals surface area contributed by atoms with Crippen LogP contribution in [0.1, 0.15) is 16.1 Å². The molecule has 4 aromatic rings. The molecule has 0 unspecified atom stereocenters. The average molecular weight is 392 g/mol. The van der Waals surface area contributed by atoms with Crippen LogP contribution in [-0.2, 0) is 0 Å². The molecule has 0 saturated heterocycles. The second-order valence-corrected chi connectivity index (χ2v) is 6.60. The third-order valence-corrected chi connectivity index (χ3v) is 4.57. The molecule has 1 amide bonds. The van der Waals surface area contributed by atoms with Gasteiger partial charge in [0.2, 0.25) is 0 Å². The number of pyridine rings is 2. The number of aliphatic hydroxyl groups is 2. The predicted octanol–water partition coefficient (Wildman–Crippen LogP) is 0.973. The highest BCUT2D eigenvalue weighted by molar-refractivity contribution is 6.01. The van der Waals surface area contributed by atoms with Gasteiger partial charge in [0.15, 0.2) is 5.82 Å². The largest absolute Gasteiger partial charge is 0.394 e. The molecule has 0 aliphatic rings. The van der Waals surface area contributed by atoms with Gasteiger partial charge in [-0.3, -0.25) is 4.79 Å². The Labute approximate surface area is 166 Å². The highest BCUT2D eigenvalue weighted by Crippen LogP contribution is 2.24. The number of hydrogen-bond acceptors (Lipinski definition) is 6. The molecule has 0 bridgehead atoms. The molecule has 0 aromatic carbocycles. The van der Waals surface area contributed by atoms with Gasteiger partial charge in [0.05, 0.1) is 48.4 Å². The van der Waals surface area contributed by atoms with Gasteiger partial charge in [-0.15, -0.1) is 0 Å². The van der Waals surface area contributed by atoms with Gasteiger partial charge < -0.3 is 15.5 Å². The Hall–Kier alpha value is -3.56. The molecule has 0 atom stereocenters. The zero-order valence-corrected chi connectivity index (χ0v) is 15.7. The topological polar surface area (TPSA) is 118 Å². The standard InChI is InChI=1S/C20H20N6O3/c1-13-3-2-4-19(23-13)26-17(5-7-21-26)14-6-8-25-18(9-14)16(10-22-25)20(29)24-15(11-27)12-28/h2-10,15,27-28H,11-12H2,1H3,(H,24,29). The first-order chi connectivity index (χ1) is 14.1. The van der Waals surface area contributed by atoms with Gasteiger partial charge >= 0.3 is 0 Å². The minimum absolute atomic E-state index is 0.346. The summed E-state index contributed by atoms with van der Waals surface area (Å²) >= 11 is 0.